The lowest BCUT2D eigenvalue weighted by atomic mass is 9.98. The first kappa shape index (κ1) is 19.3. The van der Waals surface area contributed by atoms with Crippen molar-refractivity contribution >= 4 is 23.2 Å². The van der Waals surface area contributed by atoms with Gasteiger partial charge in [-0.15, -0.1) is 11.3 Å². The van der Waals surface area contributed by atoms with Crippen LogP contribution in [-0.4, -0.2) is 90.5 Å². The van der Waals surface area contributed by atoms with Gasteiger partial charge in [-0.25, -0.2) is 4.98 Å². The summed E-state index contributed by atoms with van der Waals surface area (Å²) in [5, 5.41) is 0.972. The first-order valence-electron chi connectivity index (χ1n) is 9.18. The largest absolute Gasteiger partial charge is 0.379 e. The van der Waals surface area contributed by atoms with E-state index in [2.05, 4.69) is 30.7 Å². The molecule has 0 unspecified atom stereocenters. The fourth-order valence-electron chi connectivity index (χ4n) is 3.09. The maximum absolute atomic E-state index is 12.7. The topological polar surface area (TPSA) is 66.0 Å². The second-order valence-electron chi connectivity index (χ2n) is 7.84. The van der Waals surface area contributed by atoms with Crippen molar-refractivity contribution < 1.29 is 14.3 Å². The summed E-state index contributed by atoms with van der Waals surface area (Å²) in [4.78, 5) is 36.1. The minimum absolute atomic E-state index is 0.0262. The van der Waals surface area contributed by atoms with Crippen LogP contribution >= 0.6 is 11.3 Å². The van der Waals surface area contributed by atoms with Crippen LogP contribution in [0, 0.1) is 0 Å². The number of thiazole rings is 1. The van der Waals surface area contributed by atoms with Gasteiger partial charge in [0.25, 0.3) is 5.91 Å². The Labute approximate surface area is 158 Å². The first-order chi connectivity index (χ1) is 12.3. The molecule has 2 amide bonds. The SMILES string of the molecule is CC(C)(C)c1ncc(C(=O)N2CCN(C(=O)CN3CCOCC3)CC2)s1. The van der Waals surface area contributed by atoms with Gasteiger partial charge in [-0.05, 0) is 0 Å². The third kappa shape index (κ3) is 4.61. The highest BCUT2D eigenvalue weighted by atomic mass is 32.1. The van der Waals surface area contributed by atoms with Crippen molar-refractivity contribution in [2.75, 3.05) is 59.0 Å². The van der Waals surface area contributed by atoms with Crippen LogP contribution < -0.4 is 0 Å². The van der Waals surface area contributed by atoms with E-state index < -0.39 is 0 Å². The quantitative estimate of drug-likeness (QED) is 0.784. The predicted molar refractivity (Wildman–Crippen MR) is 101 cm³/mol. The number of carbonyl (C=O) groups is 2. The van der Waals surface area contributed by atoms with Gasteiger partial charge in [0.1, 0.15) is 4.88 Å². The molecular weight excluding hydrogens is 352 g/mol. The molecule has 0 atom stereocenters. The molecule has 0 aromatic carbocycles. The molecule has 2 aliphatic rings. The summed E-state index contributed by atoms with van der Waals surface area (Å²) in [6.07, 6.45) is 1.68. The van der Waals surface area contributed by atoms with E-state index in [9.17, 15) is 9.59 Å². The summed E-state index contributed by atoms with van der Waals surface area (Å²) >= 11 is 1.47. The van der Waals surface area contributed by atoms with Crippen LogP contribution in [0.1, 0.15) is 35.5 Å². The van der Waals surface area contributed by atoms with Crippen LogP contribution in [0.25, 0.3) is 0 Å². The van der Waals surface area contributed by atoms with Crippen LogP contribution in [0.5, 0.6) is 0 Å². The molecule has 0 aliphatic carbocycles. The fraction of sp³-hybridized carbons (Fsp3) is 0.722. The van der Waals surface area contributed by atoms with Crippen LogP contribution in [0.15, 0.2) is 6.20 Å². The lowest BCUT2D eigenvalue weighted by Crippen LogP contribution is -2.53. The lowest BCUT2D eigenvalue weighted by molar-refractivity contribution is -0.134. The molecule has 2 fully saturated rings. The summed E-state index contributed by atoms with van der Waals surface area (Å²) in [5.41, 5.74) is -0.0478. The first-order valence-corrected chi connectivity index (χ1v) is 10.00. The van der Waals surface area contributed by atoms with Gasteiger partial charge >= 0.3 is 0 Å². The highest BCUT2D eigenvalue weighted by Crippen LogP contribution is 2.27. The zero-order valence-corrected chi connectivity index (χ0v) is 16.7. The van der Waals surface area contributed by atoms with Crippen molar-refractivity contribution in [2.45, 2.75) is 26.2 Å². The molecule has 0 saturated carbocycles. The number of amides is 2. The molecular formula is C18H28N4O3S. The molecule has 2 saturated heterocycles. The number of hydrogen-bond donors (Lipinski definition) is 0. The Morgan fingerprint density at radius 1 is 1.08 bits per heavy atom. The van der Waals surface area contributed by atoms with Crippen molar-refractivity contribution in [1.82, 2.24) is 19.7 Å². The Bertz CT molecular complexity index is 641. The Kier molecular flexibility index (Phi) is 5.94. The molecule has 1 aromatic heterocycles. The molecule has 7 nitrogen and oxygen atoms in total. The lowest BCUT2D eigenvalue weighted by Gasteiger charge is -2.36. The van der Waals surface area contributed by atoms with Crippen molar-refractivity contribution in [3.05, 3.63) is 16.1 Å². The van der Waals surface area contributed by atoms with E-state index in [0.717, 1.165) is 18.1 Å². The van der Waals surface area contributed by atoms with Crippen LogP contribution in [0.2, 0.25) is 0 Å². The van der Waals surface area contributed by atoms with Gasteiger partial charge < -0.3 is 14.5 Å². The number of aromatic nitrogens is 1. The summed E-state index contributed by atoms with van der Waals surface area (Å²) in [7, 11) is 0. The molecule has 0 spiro atoms. The van der Waals surface area contributed by atoms with Crippen LogP contribution in [0.4, 0.5) is 0 Å². The van der Waals surface area contributed by atoms with Gasteiger partial charge in [-0.2, -0.15) is 0 Å². The van der Waals surface area contributed by atoms with Gasteiger partial charge in [0, 0.05) is 44.7 Å². The highest BCUT2D eigenvalue weighted by Gasteiger charge is 2.28. The zero-order chi connectivity index (χ0) is 18.7. The maximum Gasteiger partial charge on any atom is 0.265 e. The second kappa shape index (κ2) is 8.02. The normalized spacial score (nSPS) is 19.7. The minimum atomic E-state index is -0.0478. The van der Waals surface area contributed by atoms with E-state index in [4.69, 9.17) is 4.74 Å². The average Bonchev–Trinajstić information content (AvgIpc) is 3.12. The molecule has 8 heteroatoms. The molecule has 144 valence electrons. The van der Waals surface area contributed by atoms with Crippen molar-refractivity contribution in [3.8, 4) is 0 Å². The monoisotopic (exact) mass is 380 g/mol. The summed E-state index contributed by atoms with van der Waals surface area (Å²) in [6.45, 7) is 12.1. The third-order valence-corrected chi connectivity index (χ3v) is 6.15. The van der Waals surface area contributed by atoms with Gasteiger partial charge in [0.2, 0.25) is 5.91 Å². The molecule has 1 aromatic rings. The van der Waals surface area contributed by atoms with E-state index in [1.807, 2.05) is 9.80 Å². The van der Waals surface area contributed by atoms with E-state index in [1.54, 1.807) is 6.20 Å². The van der Waals surface area contributed by atoms with Gasteiger partial charge in [-0.3, -0.25) is 14.5 Å². The van der Waals surface area contributed by atoms with Gasteiger partial charge in [0.05, 0.1) is 31.0 Å². The zero-order valence-electron chi connectivity index (χ0n) is 15.9. The molecule has 0 bridgehead atoms. The summed E-state index contributed by atoms with van der Waals surface area (Å²) < 4.78 is 5.32. The van der Waals surface area contributed by atoms with Gasteiger partial charge in [-0.1, -0.05) is 20.8 Å². The molecule has 0 radical (unpaired) electrons. The number of rotatable bonds is 3. The van der Waals surface area contributed by atoms with Gasteiger partial charge in [0.15, 0.2) is 0 Å². The highest BCUT2D eigenvalue weighted by molar-refractivity contribution is 7.13. The molecule has 3 rings (SSSR count). The number of ether oxygens (including phenoxy) is 1. The number of morpholine rings is 1. The Hall–Kier alpha value is -1.51. The number of nitrogens with zero attached hydrogens (tertiary/aromatic N) is 4. The molecule has 26 heavy (non-hydrogen) atoms. The summed E-state index contributed by atoms with van der Waals surface area (Å²) in [5.74, 6) is 0.171. The predicted octanol–water partition coefficient (Wildman–Crippen LogP) is 1.06. The minimum Gasteiger partial charge on any atom is -0.379 e. The third-order valence-electron chi connectivity index (χ3n) is 4.74. The van der Waals surface area contributed by atoms with E-state index >= 15 is 0 Å². The van der Waals surface area contributed by atoms with Crippen LogP contribution in [-0.2, 0) is 14.9 Å². The Morgan fingerprint density at radius 3 is 2.27 bits per heavy atom. The van der Waals surface area contributed by atoms with E-state index in [1.165, 1.54) is 11.3 Å². The molecule has 3 heterocycles. The molecule has 2 aliphatic heterocycles. The number of carbonyl (C=O) groups excluding carboxylic acids is 2. The van der Waals surface area contributed by atoms with E-state index in [-0.39, 0.29) is 17.2 Å². The Balaban J connectivity index is 1.50. The van der Waals surface area contributed by atoms with Crippen molar-refractivity contribution in [2.24, 2.45) is 0 Å². The second-order valence-corrected chi connectivity index (χ2v) is 8.87. The Morgan fingerprint density at radius 2 is 1.69 bits per heavy atom. The van der Waals surface area contributed by atoms with E-state index in [0.29, 0.717) is 50.8 Å². The standard InChI is InChI=1S/C18H28N4O3S/c1-18(2,3)17-19-12-14(26-17)16(24)22-6-4-21(5-7-22)15(23)13-20-8-10-25-11-9-20/h12H,4-11,13H2,1-3H3. The average molecular weight is 381 g/mol. The van der Waals surface area contributed by atoms with Crippen molar-refractivity contribution in [3.63, 3.8) is 0 Å². The van der Waals surface area contributed by atoms with Crippen molar-refractivity contribution in [1.29, 1.82) is 0 Å². The molecule has 0 N–H and O–H groups in total. The number of hydrogen-bond acceptors (Lipinski definition) is 6. The number of piperazine rings is 1. The maximum atomic E-state index is 12.7. The fourth-order valence-corrected chi connectivity index (χ4v) is 4.03. The summed E-state index contributed by atoms with van der Waals surface area (Å²) in [6, 6.07) is 0. The smallest absolute Gasteiger partial charge is 0.265 e. The van der Waals surface area contributed by atoms with Crippen LogP contribution in [0.3, 0.4) is 0 Å².